The van der Waals surface area contributed by atoms with Crippen molar-refractivity contribution in [3.63, 3.8) is 0 Å². The summed E-state index contributed by atoms with van der Waals surface area (Å²) in [6.45, 7) is 2.83. The Bertz CT molecular complexity index is 343. The Morgan fingerprint density at radius 1 is 1.35 bits per heavy atom. The summed E-state index contributed by atoms with van der Waals surface area (Å²) in [6.07, 6.45) is 5.52. The highest BCUT2D eigenvalue weighted by atomic mass is 16.5. The van der Waals surface area contributed by atoms with Crippen molar-refractivity contribution in [1.29, 1.82) is 0 Å². The molecule has 94 valence electrons. The molecule has 2 heteroatoms. The van der Waals surface area contributed by atoms with Crippen molar-refractivity contribution in [2.24, 2.45) is 5.92 Å². The molecule has 2 rings (SSSR count). The second-order valence-electron chi connectivity index (χ2n) is 4.91. The van der Waals surface area contributed by atoms with Crippen molar-refractivity contribution in [1.82, 2.24) is 0 Å². The molecule has 1 atom stereocenters. The van der Waals surface area contributed by atoms with E-state index in [0.29, 0.717) is 5.92 Å². The van der Waals surface area contributed by atoms with Crippen molar-refractivity contribution in [2.45, 2.75) is 45.1 Å². The van der Waals surface area contributed by atoms with Crippen LogP contribution < -0.4 is 4.74 Å². The molecule has 1 aliphatic carbocycles. The van der Waals surface area contributed by atoms with Gasteiger partial charge in [-0.1, -0.05) is 31.9 Å². The molecule has 0 bridgehead atoms. The van der Waals surface area contributed by atoms with Gasteiger partial charge in [-0.25, -0.2) is 0 Å². The number of aliphatic hydroxyl groups excluding tert-OH is 1. The van der Waals surface area contributed by atoms with E-state index in [1.165, 1.54) is 12.8 Å². The van der Waals surface area contributed by atoms with Crippen LogP contribution in [0.2, 0.25) is 0 Å². The Morgan fingerprint density at radius 2 is 2.12 bits per heavy atom. The maximum Gasteiger partial charge on any atom is 0.119 e. The minimum absolute atomic E-state index is 0.317. The van der Waals surface area contributed by atoms with Crippen LogP contribution in [-0.2, 0) is 0 Å². The first-order chi connectivity index (χ1) is 8.31. The van der Waals surface area contributed by atoms with Gasteiger partial charge < -0.3 is 9.84 Å². The van der Waals surface area contributed by atoms with E-state index in [-0.39, 0.29) is 6.10 Å². The van der Waals surface area contributed by atoms with E-state index in [1.807, 2.05) is 24.3 Å². The molecule has 0 amide bonds. The van der Waals surface area contributed by atoms with Gasteiger partial charge in [0.05, 0.1) is 12.7 Å². The predicted molar refractivity (Wildman–Crippen MR) is 69.1 cm³/mol. The third-order valence-corrected chi connectivity index (χ3v) is 3.52. The second-order valence-corrected chi connectivity index (χ2v) is 4.91. The van der Waals surface area contributed by atoms with Gasteiger partial charge in [0.15, 0.2) is 0 Å². The van der Waals surface area contributed by atoms with Gasteiger partial charge in [-0.15, -0.1) is 0 Å². The molecular weight excluding hydrogens is 212 g/mol. The molecule has 1 aromatic rings. The zero-order valence-electron chi connectivity index (χ0n) is 10.6. The zero-order chi connectivity index (χ0) is 12.1. The van der Waals surface area contributed by atoms with E-state index in [4.69, 9.17) is 4.74 Å². The van der Waals surface area contributed by atoms with Gasteiger partial charge in [0.1, 0.15) is 5.75 Å². The summed E-state index contributed by atoms with van der Waals surface area (Å²) >= 11 is 0. The van der Waals surface area contributed by atoms with Crippen molar-refractivity contribution < 1.29 is 9.84 Å². The number of aliphatic hydroxyl groups is 1. The van der Waals surface area contributed by atoms with Crippen molar-refractivity contribution >= 4 is 0 Å². The highest BCUT2D eigenvalue weighted by Gasteiger charge is 2.24. The summed E-state index contributed by atoms with van der Waals surface area (Å²) in [6, 6.07) is 7.92. The lowest BCUT2D eigenvalue weighted by molar-refractivity contribution is 0.111. The Balaban J connectivity index is 2.03. The van der Waals surface area contributed by atoms with Gasteiger partial charge in [-0.2, -0.15) is 0 Å². The topological polar surface area (TPSA) is 29.5 Å². The smallest absolute Gasteiger partial charge is 0.119 e. The molecule has 0 aliphatic heterocycles. The zero-order valence-corrected chi connectivity index (χ0v) is 10.6. The molecular formula is C15H22O2. The molecule has 1 aromatic carbocycles. The Kier molecular flexibility index (Phi) is 4.43. The molecule has 1 fully saturated rings. The first-order valence-corrected chi connectivity index (χ1v) is 6.72. The molecule has 1 aliphatic rings. The molecule has 1 N–H and O–H groups in total. The first-order valence-electron chi connectivity index (χ1n) is 6.72. The van der Waals surface area contributed by atoms with Crippen LogP contribution in [0, 0.1) is 5.92 Å². The van der Waals surface area contributed by atoms with Gasteiger partial charge in [0, 0.05) is 0 Å². The van der Waals surface area contributed by atoms with Crippen LogP contribution in [0.25, 0.3) is 0 Å². The summed E-state index contributed by atoms with van der Waals surface area (Å²) in [4.78, 5) is 0. The van der Waals surface area contributed by atoms with Crippen molar-refractivity contribution in [3.8, 4) is 5.75 Å². The van der Waals surface area contributed by atoms with Gasteiger partial charge in [-0.3, -0.25) is 0 Å². The standard InChI is InChI=1S/C15H22O2/c1-2-10-17-14-9-5-8-13(11-14)15(16)12-6-3-4-7-12/h5,8-9,11-12,15-16H,2-4,6-7,10H2,1H3. The molecule has 0 spiro atoms. The van der Waals surface area contributed by atoms with Crippen molar-refractivity contribution in [2.75, 3.05) is 6.61 Å². The Morgan fingerprint density at radius 3 is 2.82 bits per heavy atom. The lowest BCUT2D eigenvalue weighted by atomic mass is 9.94. The molecule has 1 saturated carbocycles. The lowest BCUT2D eigenvalue weighted by Crippen LogP contribution is -2.09. The van der Waals surface area contributed by atoms with Crippen LogP contribution in [0.5, 0.6) is 5.75 Å². The van der Waals surface area contributed by atoms with Crippen molar-refractivity contribution in [3.05, 3.63) is 29.8 Å². The largest absolute Gasteiger partial charge is 0.494 e. The third kappa shape index (κ3) is 3.22. The SMILES string of the molecule is CCCOc1cccc(C(O)C2CCCC2)c1. The average molecular weight is 234 g/mol. The highest BCUT2D eigenvalue weighted by Crippen LogP contribution is 2.36. The minimum Gasteiger partial charge on any atom is -0.494 e. The molecule has 0 heterocycles. The van der Waals surface area contributed by atoms with Gasteiger partial charge in [-0.05, 0) is 42.9 Å². The van der Waals surface area contributed by atoms with E-state index in [1.54, 1.807) is 0 Å². The van der Waals surface area contributed by atoms with E-state index in [9.17, 15) is 5.11 Å². The third-order valence-electron chi connectivity index (χ3n) is 3.52. The maximum absolute atomic E-state index is 10.3. The predicted octanol–water partition coefficient (Wildman–Crippen LogP) is 3.70. The lowest BCUT2D eigenvalue weighted by Gasteiger charge is -2.18. The second kappa shape index (κ2) is 6.06. The van der Waals surface area contributed by atoms with Gasteiger partial charge in [0.25, 0.3) is 0 Å². The molecule has 17 heavy (non-hydrogen) atoms. The van der Waals surface area contributed by atoms with E-state index >= 15 is 0 Å². The molecule has 0 saturated heterocycles. The number of hydrogen-bond donors (Lipinski definition) is 1. The maximum atomic E-state index is 10.3. The van der Waals surface area contributed by atoms with E-state index < -0.39 is 0 Å². The highest BCUT2D eigenvalue weighted by molar-refractivity contribution is 5.30. The van der Waals surface area contributed by atoms with Crippen LogP contribution in [0.15, 0.2) is 24.3 Å². The van der Waals surface area contributed by atoms with Crippen LogP contribution in [0.4, 0.5) is 0 Å². The summed E-state index contributed by atoms with van der Waals surface area (Å²) in [5, 5.41) is 10.3. The van der Waals surface area contributed by atoms with E-state index in [0.717, 1.165) is 37.2 Å². The van der Waals surface area contributed by atoms with Crippen LogP contribution in [-0.4, -0.2) is 11.7 Å². The fourth-order valence-corrected chi connectivity index (χ4v) is 2.55. The van der Waals surface area contributed by atoms with E-state index in [2.05, 4.69) is 6.92 Å². The summed E-state index contributed by atoms with van der Waals surface area (Å²) in [5.41, 5.74) is 1.01. The van der Waals surface area contributed by atoms with Crippen LogP contribution >= 0.6 is 0 Å². The summed E-state index contributed by atoms with van der Waals surface area (Å²) < 4.78 is 5.60. The fourth-order valence-electron chi connectivity index (χ4n) is 2.55. The number of ether oxygens (including phenoxy) is 1. The van der Waals surface area contributed by atoms with Gasteiger partial charge in [0.2, 0.25) is 0 Å². The Hall–Kier alpha value is -1.02. The normalized spacial score (nSPS) is 18.2. The monoisotopic (exact) mass is 234 g/mol. The van der Waals surface area contributed by atoms with Gasteiger partial charge >= 0.3 is 0 Å². The quantitative estimate of drug-likeness (QED) is 0.841. The summed E-state index contributed by atoms with van der Waals surface area (Å²) in [7, 11) is 0. The first kappa shape index (κ1) is 12.4. The van der Waals surface area contributed by atoms with Crippen LogP contribution in [0.3, 0.4) is 0 Å². The molecule has 2 nitrogen and oxygen atoms in total. The average Bonchev–Trinajstić information content (AvgIpc) is 2.89. The fraction of sp³-hybridized carbons (Fsp3) is 0.600. The minimum atomic E-state index is -0.317. The molecule has 1 unspecified atom stereocenters. The number of hydrogen-bond acceptors (Lipinski definition) is 2. The Labute approximate surface area is 104 Å². The molecule has 0 radical (unpaired) electrons. The summed E-state index contributed by atoms with van der Waals surface area (Å²) in [5.74, 6) is 1.32. The number of benzene rings is 1. The molecule has 0 aromatic heterocycles. The number of rotatable bonds is 5. The van der Waals surface area contributed by atoms with Crippen LogP contribution in [0.1, 0.15) is 50.7 Å².